The van der Waals surface area contributed by atoms with Crippen LogP contribution in [0, 0.1) is 11.7 Å². The Hall–Kier alpha value is -1.56. The number of halogens is 1. The normalized spacial score (nSPS) is 18.6. The standard InChI is InChI=1S/C16H20FN3OS/c1-11(2)8-20-16(18-10-19-20)9-22(21)15-7-6-12-13(15)4-3-5-14(12)17/h3-5,10-11,15H,6-9H2,1-2H3/t15-,22+/m1/s1. The van der Waals surface area contributed by atoms with Crippen molar-refractivity contribution in [1.29, 1.82) is 0 Å². The predicted molar refractivity (Wildman–Crippen MR) is 84.2 cm³/mol. The summed E-state index contributed by atoms with van der Waals surface area (Å²) in [6.45, 7) is 4.99. The van der Waals surface area contributed by atoms with E-state index in [0.29, 0.717) is 18.1 Å². The molecule has 1 aromatic carbocycles. The average molecular weight is 321 g/mol. The topological polar surface area (TPSA) is 47.8 Å². The molecule has 6 heteroatoms. The summed E-state index contributed by atoms with van der Waals surface area (Å²) in [5.74, 6) is 1.39. The van der Waals surface area contributed by atoms with Crippen LogP contribution in [-0.4, -0.2) is 19.0 Å². The molecular formula is C16H20FN3OS. The molecule has 22 heavy (non-hydrogen) atoms. The second-order valence-electron chi connectivity index (χ2n) is 6.11. The molecule has 0 unspecified atom stereocenters. The summed E-state index contributed by atoms with van der Waals surface area (Å²) >= 11 is 0. The van der Waals surface area contributed by atoms with Crippen LogP contribution in [0.25, 0.3) is 0 Å². The number of fused-ring (bicyclic) bond motifs is 1. The van der Waals surface area contributed by atoms with Crippen molar-refractivity contribution in [3.8, 4) is 0 Å². The summed E-state index contributed by atoms with van der Waals surface area (Å²) in [6, 6.07) is 5.07. The van der Waals surface area contributed by atoms with Crippen molar-refractivity contribution >= 4 is 10.8 Å². The zero-order chi connectivity index (χ0) is 15.7. The first-order valence-electron chi connectivity index (χ1n) is 7.57. The van der Waals surface area contributed by atoms with E-state index in [1.165, 1.54) is 12.4 Å². The van der Waals surface area contributed by atoms with Gasteiger partial charge in [-0.15, -0.1) is 0 Å². The van der Waals surface area contributed by atoms with Crippen molar-refractivity contribution in [2.75, 3.05) is 0 Å². The molecule has 0 fully saturated rings. The second-order valence-corrected chi connectivity index (χ2v) is 7.73. The summed E-state index contributed by atoms with van der Waals surface area (Å²) in [5, 5.41) is 4.10. The van der Waals surface area contributed by atoms with Gasteiger partial charge in [-0.1, -0.05) is 26.0 Å². The average Bonchev–Trinajstić information content (AvgIpc) is 3.06. The second kappa shape index (κ2) is 6.28. The number of rotatable bonds is 5. The molecule has 0 amide bonds. The zero-order valence-corrected chi connectivity index (χ0v) is 13.6. The summed E-state index contributed by atoms with van der Waals surface area (Å²) in [5.41, 5.74) is 1.62. The Morgan fingerprint density at radius 2 is 2.27 bits per heavy atom. The van der Waals surface area contributed by atoms with Gasteiger partial charge in [0.05, 0.1) is 11.0 Å². The highest BCUT2D eigenvalue weighted by Gasteiger charge is 2.30. The van der Waals surface area contributed by atoms with Crippen LogP contribution in [0.15, 0.2) is 24.5 Å². The lowest BCUT2D eigenvalue weighted by Crippen LogP contribution is -2.14. The van der Waals surface area contributed by atoms with Gasteiger partial charge < -0.3 is 0 Å². The first-order valence-corrected chi connectivity index (χ1v) is 8.95. The zero-order valence-electron chi connectivity index (χ0n) is 12.8. The van der Waals surface area contributed by atoms with Crippen LogP contribution in [0.5, 0.6) is 0 Å². The van der Waals surface area contributed by atoms with Gasteiger partial charge in [-0.05, 0) is 36.0 Å². The third kappa shape index (κ3) is 2.97. The number of hydrogen-bond donors (Lipinski definition) is 0. The molecular weight excluding hydrogens is 301 g/mol. The minimum atomic E-state index is -1.11. The number of aromatic nitrogens is 3. The molecule has 1 aliphatic rings. The Bertz CT molecular complexity index is 698. The molecule has 0 spiro atoms. The molecule has 2 atom stereocenters. The van der Waals surface area contributed by atoms with Crippen LogP contribution in [0.4, 0.5) is 4.39 Å². The number of nitrogens with zero attached hydrogens (tertiary/aromatic N) is 3. The van der Waals surface area contributed by atoms with Gasteiger partial charge >= 0.3 is 0 Å². The highest BCUT2D eigenvalue weighted by molar-refractivity contribution is 7.84. The molecule has 3 rings (SSSR count). The molecule has 4 nitrogen and oxygen atoms in total. The molecule has 2 aromatic rings. The quantitative estimate of drug-likeness (QED) is 0.850. The summed E-state index contributed by atoms with van der Waals surface area (Å²) in [4.78, 5) is 4.24. The molecule has 1 aromatic heterocycles. The van der Waals surface area contributed by atoms with Crippen LogP contribution >= 0.6 is 0 Å². The fourth-order valence-corrected chi connectivity index (χ4v) is 4.53. The fourth-order valence-electron chi connectivity index (χ4n) is 2.97. The molecule has 118 valence electrons. The highest BCUT2D eigenvalue weighted by atomic mass is 32.2. The molecule has 0 radical (unpaired) electrons. The van der Waals surface area contributed by atoms with Crippen molar-refractivity contribution in [2.45, 2.75) is 44.2 Å². The minimum absolute atomic E-state index is 0.102. The van der Waals surface area contributed by atoms with Crippen LogP contribution in [0.3, 0.4) is 0 Å². The lowest BCUT2D eigenvalue weighted by Gasteiger charge is -2.13. The molecule has 0 saturated heterocycles. The van der Waals surface area contributed by atoms with Crippen molar-refractivity contribution in [3.63, 3.8) is 0 Å². The lowest BCUT2D eigenvalue weighted by molar-refractivity contribution is 0.471. The molecule has 0 aliphatic heterocycles. The first kappa shape index (κ1) is 15.3. The van der Waals surface area contributed by atoms with E-state index in [0.717, 1.165) is 29.9 Å². The monoisotopic (exact) mass is 321 g/mol. The van der Waals surface area contributed by atoms with Crippen LogP contribution < -0.4 is 0 Å². The Balaban J connectivity index is 1.77. The summed E-state index contributed by atoms with van der Waals surface area (Å²) < 4.78 is 28.3. The van der Waals surface area contributed by atoms with E-state index in [1.54, 1.807) is 6.07 Å². The van der Waals surface area contributed by atoms with E-state index < -0.39 is 10.8 Å². The molecule has 0 saturated carbocycles. The van der Waals surface area contributed by atoms with Gasteiger partial charge in [0.15, 0.2) is 0 Å². The summed E-state index contributed by atoms with van der Waals surface area (Å²) in [6.07, 6.45) is 2.91. The minimum Gasteiger partial charge on any atom is -0.258 e. The van der Waals surface area contributed by atoms with Gasteiger partial charge in [0.2, 0.25) is 0 Å². The maximum atomic E-state index is 13.8. The Morgan fingerprint density at radius 3 is 3.05 bits per heavy atom. The Labute approximate surface area is 132 Å². The van der Waals surface area contributed by atoms with Gasteiger partial charge in [0.1, 0.15) is 18.0 Å². The Morgan fingerprint density at radius 1 is 1.45 bits per heavy atom. The largest absolute Gasteiger partial charge is 0.258 e. The van der Waals surface area contributed by atoms with E-state index in [2.05, 4.69) is 23.9 Å². The highest BCUT2D eigenvalue weighted by Crippen LogP contribution is 2.37. The Kier molecular flexibility index (Phi) is 4.38. The smallest absolute Gasteiger partial charge is 0.139 e. The third-order valence-corrected chi connectivity index (χ3v) is 5.65. The maximum absolute atomic E-state index is 13.8. The van der Waals surface area contributed by atoms with Crippen molar-refractivity contribution < 1.29 is 8.60 Å². The number of benzene rings is 1. The van der Waals surface area contributed by atoms with E-state index in [9.17, 15) is 8.60 Å². The summed E-state index contributed by atoms with van der Waals surface area (Å²) in [7, 11) is -1.11. The molecule has 0 bridgehead atoms. The van der Waals surface area contributed by atoms with Gasteiger partial charge in [-0.25, -0.2) is 14.1 Å². The van der Waals surface area contributed by atoms with Crippen molar-refractivity contribution in [3.05, 3.63) is 47.3 Å². The fraction of sp³-hybridized carbons (Fsp3) is 0.500. The first-order chi connectivity index (χ1) is 10.6. The van der Waals surface area contributed by atoms with E-state index in [4.69, 9.17) is 0 Å². The van der Waals surface area contributed by atoms with E-state index in [1.807, 2.05) is 10.7 Å². The molecule has 1 heterocycles. The van der Waals surface area contributed by atoms with Crippen LogP contribution in [0.2, 0.25) is 0 Å². The van der Waals surface area contributed by atoms with Gasteiger partial charge in [-0.2, -0.15) is 5.10 Å². The van der Waals surface area contributed by atoms with Gasteiger partial charge in [0, 0.05) is 17.3 Å². The van der Waals surface area contributed by atoms with Gasteiger partial charge in [0.25, 0.3) is 0 Å². The van der Waals surface area contributed by atoms with Gasteiger partial charge in [-0.3, -0.25) is 4.21 Å². The predicted octanol–water partition coefficient (Wildman–Crippen LogP) is 3.01. The molecule has 1 aliphatic carbocycles. The molecule has 0 N–H and O–H groups in total. The van der Waals surface area contributed by atoms with Crippen molar-refractivity contribution in [1.82, 2.24) is 14.8 Å². The lowest BCUT2D eigenvalue weighted by atomic mass is 10.1. The maximum Gasteiger partial charge on any atom is 0.139 e. The third-order valence-electron chi connectivity index (χ3n) is 3.98. The van der Waals surface area contributed by atoms with E-state index >= 15 is 0 Å². The van der Waals surface area contributed by atoms with Crippen LogP contribution in [-0.2, 0) is 29.5 Å². The van der Waals surface area contributed by atoms with E-state index in [-0.39, 0.29) is 11.1 Å². The van der Waals surface area contributed by atoms with Crippen LogP contribution in [0.1, 0.15) is 42.5 Å². The van der Waals surface area contributed by atoms with Crippen molar-refractivity contribution in [2.24, 2.45) is 5.92 Å². The number of hydrogen-bond acceptors (Lipinski definition) is 3. The SMILES string of the molecule is CC(C)Cn1ncnc1C[S@](=O)[C@@H]1CCc2c(F)cccc21.